The van der Waals surface area contributed by atoms with E-state index in [1.165, 1.54) is 37.9 Å². The Hall–Kier alpha value is -1.22. The lowest BCUT2D eigenvalue weighted by atomic mass is 10.1. The molecular formula is C23H37IN4O2. The average molecular weight is 528 g/mol. The van der Waals surface area contributed by atoms with Crippen LogP contribution in [-0.4, -0.2) is 55.8 Å². The molecule has 0 radical (unpaired) electrons. The van der Waals surface area contributed by atoms with Gasteiger partial charge in [0.2, 0.25) is 0 Å². The molecule has 0 bridgehead atoms. The van der Waals surface area contributed by atoms with Crippen molar-refractivity contribution in [1.82, 2.24) is 15.5 Å². The third-order valence-electron chi connectivity index (χ3n) is 6.07. The van der Waals surface area contributed by atoms with Gasteiger partial charge in [0.15, 0.2) is 5.96 Å². The number of halogens is 1. The Bertz CT molecular complexity index is 738. The molecule has 168 valence electrons. The number of ether oxygens (including phenoxy) is 2. The van der Waals surface area contributed by atoms with Crippen molar-refractivity contribution in [3.8, 4) is 11.5 Å². The molecule has 0 aromatic heterocycles. The molecule has 1 saturated heterocycles. The molecular weight excluding hydrogens is 491 g/mol. The maximum Gasteiger partial charge on any atom is 0.191 e. The zero-order chi connectivity index (χ0) is 20.2. The summed E-state index contributed by atoms with van der Waals surface area (Å²) in [4.78, 5) is 7.51. The van der Waals surface area contributed by atoms with Gasteiger partial charge in [0.1, 0.15) is 17.6 Å². The Labute approximate surface area is 198 Å². The Kier molecular flexibility index (Phi) is 8.51. The lowest BCUT2D eigenvalue weighted by Gasteiger charge is -2.17. The fraction of sp³-hybridized carbons (Fsp3) is 0.696. The van der Waals surface area contributed by atoms with Crippen molar-refractivity contribution in [1.29, 1.82) is 0 Å². The highest BCUT2D eigenvalue weighted by molar-refractivity contribution is 14.0. The van der Waals surface area contributed by atoms with Gasteiger partial charge < -0.3 is 25.0 Å². The molecule has 7 heteroatoms. The molecule has 1 aromatic carbocycles. The van der Waals surface area contributed by atoms with E-state index in [1.807, 2.05) is 6.92 Å². The molecule has 0 spiro atoms. The highest BCUT2D eigenvalue weighted by atomic mass is 127. The first-order chi connectivity index (χ1) is 14.2. The minimum absolute atomic E-state index is 0. The molecule has 2 unspecified atom stereocenters. The third-order valence-corrected chi connectivity index (χ3v) is 6.07. The number of rotatable bonds is 8. The summed E-state index contributed by atoms with van der Waals surface area (Å²) in [6.07, 6.45) is 5.27. The van der Waals surface area contributed by atoms with Crippen LogP contribution in [-0.2, 0) is 13.0 Å². The number of benzene rings is 1. The smallest absolute Gasteiger partial charge is 0.191 e. The van der Waals surface area contributed by atoms with Gasteiger partial charge in [-0.2, -0.15) is 0 Å². The predicted molar refractivity (Wildman–Crippen MR) is 132 cm³/mol. The van der Waals surface area contributed by atoms with Gasteiger partial charge in [0, 0.05) is 43.2 Å². The van der Waals surface area contributed by atoms with E-state index < -0.39 is 0 Å². The molecule has 1 aromatic rings. The number of hydrogen-bond acceptors (Lipinski definition) is 4. The summed E-state index contributed by atoms with van der Waals surface area (Å²) in [6.45, 7) is 11.8. The summed E-state index contributed by atoms with van der Waals surface area (Å²) < 4.78 is 11.8. The van der Waals surface area contributed by atoms with E-state index in [-0.39, 0.29) is 30.1 Å². The van der Waals surface area contributed by atoms with Crippen molar-refractivity contribution in [3.05, 3.63) is 23.3 Å². The van der Waals surface area contributed by atoms with Crippen molar-refractivity contribution in [2.45, 2.75) is 65.1 Å². The predicted octanol–water partition coefficient (Wildman–Crippen LogP) is 3.57. The van der Waals surface area contributed by atoms with Gasteiger partial charge in [-0.15, -0.1) is 24.0 Å². The minimum atomic E-state index is 0. The summed E-state index contributed by atoms with van der Waals surface area (Å²) in [5.74, 6) is 3.51. The number of likely N-dealkylation sites (tertiary alicyclic amines) is 1. The number of guanidine groups is 1. The highest BCUT2D eigenvalue weighted by Crippen LogP contribution is 2.35. The molecule has 2 N–H and O–H groups in total. The molecule has 2 atom stereocenters. The zero-order valence-corrected chi connectivity index (χ0v) is 20.9. The molecule has 2 aliphatic heterocycles. The molecule has 1 aliphatic carbocycles. The average Bonchev–Trinajstić information content (AvgIpc) is 3.33. The molecule has 1 saturated carbocycles. The molecule has 6 nitrogen and oxygen atoms in total. The van der Waals surface area contributed by atoms with Gasteiger partial charge in [-0.1, -0.05) is 0 Å². The molecule has 0 amide bonds. The van der Waals surface area contributed by atoms with Crippen molar-refractivity contribution in [2.75, 3.05) is 32.8 Å². The fourth-order valence-corrected chi connectivity index (χ4v) is 4.44. The molecule has 2 fully saturated rings. The van der Waals surface area contributed by atoms with Gasteiger partial charge in [0.25, 0.3) is 0 Å². The lowest BCUT2D eigenvalue weighted by Crippen LogP contribution is -2.40. The second kappa shape index (κ2) is 10.9. The van der Waals surface area contributed by atoms with Crippen molar-refractivity contribution < 1.29 is 9.47 Å². The van der Waals surface area contributed by atoms with E-state index in [0.717, 1.165) is 48.6 Å². The summed E-state index contributed by atoms with van der Waals surface area (Å²) in [5.41, 5.74) is 2.32. The van der Waals surface area contributed by atoms with Crippen LogP contribution in [0, 0.1) is 5.92 Å². The standard InChI is InChI=1S/C23H36N4O2.HI/c1-4-24-23(25-13-17-8-9-27(15-17)20-6-7-20)26-14-19-12-22-18(10-16(3)29-22)11-21(19)28-5-2;/h11-12,16-17,20H,4-10,13-15H2,1-3H3,(H2,24,25,26);1H. The minimum Gasteiger partial charge on any atom is -0.494 e. The largest absolute Gasteiger partial charge is 0.494 e. The molecule has 2 heterocycles. The van der Waals surface area contributed by atoms with Gasteiger partial charge in [-0.05, 0) is 64.6 Å². The van der Waals surface area contributed by atoms with Crippen molar-refractivity contribution in [3.63, 3.8) is 0 Å². The number of nitrogens with one attached hydrogen (secondary N) is 2. The van der Waals surface area contributed by atoms with Crippen LogP contribution >= 0.6 is 24.0 Å². The van der Waals surface area contributed by atoms with Crippen LogP contribution in [0.2, 0.25) is 0 Å². The van der Waals surface area contributed by atoms with Gasteiger partial charge in [0.05, 0.1) is 13.2 Å². The first-order valence-electron chi connectivity index (χ1n) is 11.4. The van der Waals surface area contributed by atoms with Crippen molar-refractivity contribution >= 4 is 29.9 Å². The monoisotopic (exact) mass is 528 g/mol. The quantitative estimate of drug-likeness (QED) is 0.307. The fourth-order valence-electron chi connectivity index (χ4n) is 4.44. The first-order valence-corrected chi connectivity index (χ1v) is 11.4. The van der Waals surface area contributed by atoms with Crippen LogP contribution in [0.15, 0.2) is 17.1 Å². The maximum atomic E-state index is 5.94. The molecule has 4 rings (SSSR count). The van der Waals surface area contributed by atoms with E-state index in [0.29, 0.717) is 19.1 Å². The summed E-state index contributed by atoms with van der Waals surface area (Å²) in [5, 5.41) is 6.95. The van der Waals surface area contributed by atoms with E-state index in [2.05, 4.69) is 41.5 Å². The maximum absolute atomic E-state index is 5.94. The molecule has 3 aliphatic rings. The number of aliphatic imine (C=N–C) groups is 1. The number of fused-ring (bicyclic) bond motifs is 1. The summed E-state index contributed by atoms with van der Waals surface area (Å²) >= 11 is 0. The third kappa shape index (κ3) is 5.93. The van der Waals surface area contributed by atoms with Gasteiger partial charge >= 0.3 is 0 Å². The van der Waals surface area contributed by atoms with E-state index >= 15 is 0 Å². The van der Waals surface area contributed by atoms with Crippen LogP contribution in [0.3, 0.4) is 0 Å². The Morgan fingerprint density at radius 1 is 1.23 bits per heavy atom. The van der Waals surface area contributed by atoms with Crippen LogP contribution in [0.25, 0.3) is 0 Å². The lowest BCUT2D eigenvalue weighted by molar-refractivity contribution is 0.254. The van der Waals surface area contributed by atoms with Gasteiger partial charge in [-0.25, -0.2) is 4.99 Å². The SMILES string of the molecule is CCNC(=NCc1cc2c(cc1OCC)CC(C)O2)NCC1CCN(C2CC2)C1.I. The summed E-state index contributed by atoms with van der Waals surface area (Å²) in [7, 11) is 0. The van der Waals surface area contributed by atoms with Crippen molar-refractivity contribution in [2.24, 2.45) is 10.9 Å². The van der Waals surface area contributed by atoms with E-state index in [1.54, 1.807) is 0 Å². The number of nitrogens with zero attached hydrogens (tertiary/aromatic N) is 2. The second-order valence-electron chi connectivity index (χ2n) is 8.59. The van der Waals surface area contributed by atoms with Crippen LogP contribution in [0.1, 0.15) is 51.2 Å². The Morgan fingerprint density at radius 2 is 2.07 bits per heavy atom. The second-order valence-corrected chi connectivity index (χ2v) is 8.59. The van der Waals surface area contributed by atoms with Crippen LogP contribution in [0.4, 0.5) is 0 Å². The van der Waals surface area contributed by atoms with Crippen LogP contribution < -0.4 is 20.1 Å². The Morgan fingerprint density at radius 3 is 2.80 bits per heavy atom. The topological polar surface area (TPSA) is 58.1 Å². The normalized spacial score (nSPS) is 23.5. The van der Waals surface area contributed by atoms with E-state index in [9.17, 15) is 0 Å². The number of hydrogen-bond donors (Lipinski definition) is 2. The van der Waals surface area contributed by atoms with E-state index in [4.69, 9.17) is 14.5 Å². The zero-order valence-electron chi connectivity index (χ0n) is 18.6. The first kappa shape index (κ1) is 23.4. The Balaban J connectivity index is 0.00000256. The van der Waals surface area contributed by atoms with Crippen LogP contribution in [0.5, 0.6) is 11.5 Å². The highest BCUT2D eigenvalue weighted by Gasteiger charge is 2.34. The molecule has 30 heavy (non-hydrogen) atoms. The van der Waals surface area contributed by atoms with Gasteiger partial charge in [-0.3, -0.25) is 0 Å². The summed E-state index contributed by atoms with van der Waals surface area (Å²) in [6, 6.07) is 5.13.